The fourth-order valence-electron chi connectivity index (χ4n) is 7.53. The summed E-state index contributed by atoms with van der Waals surface area (Å²) < 4.78 is 0. The number of aromatic nitrogens is 5. The smallest absolute Gasteiger partial charge is 0.0725 e. The summed E-state index contributed by atoms with van der Waals surface area (Å²) in [6.07, 6.45) is 7.25. The monoisotopic (exact) mass is 767 g/mol. The summed E-state index contributed by atoms with van der Waals surface area (Å²) >= 11 is 0. The van der Waals surface area contributed by atoms with Gasteiger partial charge in [-0.1, -0.05) is 121 Å². The number of hydrogen-bond acceptors (Lipinski definition) is 5. The van der Waals surface area contributed by atoms with Crippen molar-refractivity contribution >= 4 is 0 Å². The van der Waals surface area contributed by atoms with E-state index in [4.69, 9.17) is 15.0 Å². The van der Waals surface area contributed by atoms with Gasteiger partial charge in [0, 0.05) is 58.2 Å². The highest BCUT2D eigenvalue weighted by Gasteiger charge is 2.12. The summed E-state index contributed by atoms with van der Waals surface area (Å²) in [5.74, 6) is 0. The zero-order valence-electron chi connectivity index (χ0n) is 32.6. The van der Waals surface area contributed by atoms with Crippen LogP contribution in [-0.4, -0.2) is 24.9 Å². The van der Waals surface area contributed by atoms with Crippen molar-refractivity contribution in [1.29, 1.82) is 0 Å². The molecule has 0 unspecified atom stereocenters. The molecule has 0 radical (unpaired) electrons. The highest BCUT2D eigenvalue weighted by Crippen LogP contribution is 2.36. The third kappa shape index (κ3) is 7.76. The van der Waals surface area contributed by atoms with Gasteiger partial charge in [-0.2, -0.15) is 0 Å². The highest BCUT2D eigenvalue weighted by molar-refractivity contribution is 5.83. The Balaban J connectivity index is 0.997. The Kier molecular flexibility index (Phi) is 9.88. The van der Waals surface area contributed by atoms with Crippen LogP contribution in [0.25, 0.3) is 101 Å². The fraction of sp³-hybridized carbons (Fsp3) is 0. The van der Waals surface area contributed by atoms with E-state index in [0.717, 1.165) is 101 Å². The fourth-order valence-corrected chi connectivity index (χ4v) is 7.53. The first-order valence-corrected chi connectivity index (χ1v) is 20.0. The number of benzene rings is 5. The van der Waals surface area contributed by atoms with Crippen molar-refractivity contribution in [3.8, 4) is 101 Å². The van der Waals surface area contributed by atoms with Crippen molar-refractivity contribution in [3.05, 3.63) is 225 Å². The van der Waals surface area contributed by atoms with Gasteiger partial charge in [-0.05, 0) is 112 Å². The van der Waals surface area contributed by atoms with E-state index in [2.05, 4.69) is 156 Å². The van der Waals surface area contributed by atoms with Crippen molar-refractivity contribution in [2.75, 3.05) is 0 Å². The van der Waals surface area contributed by atoms with Gasteiger partial charge in [0.2, 0.25) is 0 Å². The second kappa shape index (κ2) is 16.4. The van der Waals surface area contributed by atoms with Crippen LogP contribution in [0.4, 0.5) is 0 Å². The van der Waals surface area contributed by atoms with E-state index in [1.54, 1.807) is 12.4 Å². The molecule has 5 nitrogen and oxygen atoms in total. The van der Waals surface area contributed by atoms with Crippen molar-refractivity contribution in [1.82, 2.24) is 24.9 Å². The number of hydrogen-bond donors (Lipinski definition) is 0. The lowest BCUT2D eigenvalue weighted by Gasteiger charge is -2.13. The summed E-state index contributed by atoms with van der Waals surface area (Å²) in [7, 11) is 0. The quantitative estimate of drug-likeness (QED) is 0.146. The zero-order valence-corrected chi connectivity index (χ0v) is 32.6. The van der Waals surface area contributed by atoms with Gasteiger partial charge in [0.15, 0.2) is 0 Å². The van der Waals surface area contributed by atoms with E-state index in [-0.39, 0.29) is 0 Å². The lowest BCUT2D eigenvalue weighted by Crippen LogP contribution is -1.90. The topological polar surface area (TPSA) is 64.5 Å². The molecule has 5 heterocycles. The molecule has 0 atom stereocenters. The Bertz CT molecular complexity index is 2690. The van der Waals surface area contributed by atoms with Crippen LogP contribution in [0, 0.1) is 0 Å². The van der Waals surface area contributed by atoms with Gasteiger partial charge in [-0.15, -0.1) is 0 Å². The maximum atomic E-state index is 5.01. The van der Waals surface area contributed by atoms with E-state index in [0.29, 0.717) is 0 Å². The SMILES string of the molecule is c1ccc(-c2cccc(-c3ccc(-c4cc(-c5ccc(-c6cccc(-c7cccnc7)n6)cc5)cc(-c5ccc(-c6cccc(-c7cccnc7)n6)cc5)c4)cc3)n2)cc1. The van der Waals surface area contributed by atoms with Crippen LogP contribution in [-0.2, 0) is 0 Å². The van der Waals surface area contributed by atoms with Crippen molar-refractivity contribution in [2.45, 2.75) is 0 Å². The van der Waals surface area contributed by atoms with Gasteiger partial charge < -0.3 is 0 Å². The van der Waals surface area contributed by atoms with Crippen LogP contribution in [0.2, 0.25) is 0 Å². The minimum absolute atomic E-state index is 0.899. The third-order valence-electron chi connectivity index (χ3n) is 10.7. The molecule has 5 aromatic carbocycles. The highest BCUT2D eigenvalue weighted by atomic mass is 14.7. The van der Waals surface area contributed by atoms with Crippen LogP contribution in [0.5, 0.6) is 0 Å². The van der Waals surface area contributed by atoms with Crippen molar-refractivity contribution in [2.24, 2.45) is 0 Å². The lowest BCUT2D eigenvalue weighted by molar-refractivity contribution is 1.28. The van der Waals surface area contributed by atoms with Crippen LogP contribution in [0.3, 0.4) is 0 Å². The first-order valence-electron chi connectivity index (χ1n) is 20.0. The average Bonchev–Trinajstić information content (AvgIpc) is 3.35. The van der Waals surface area contributed by atoms with Crippen molar-refractivity contribution < 1.29 is 0 Å². The Morgan fingerprint density at radius 3 is 0.800 bits per heavy atom. The minimum Gasteiger partial charge on any atom is -0.264 e. The summed E-state index contributed by atoms with van der Waals surface area (Å²) in [6, 6.07) is 69.7. The van der Waals surface area contributed by atoms with Crippen molar-refractivity contribution in [3.63, 3.8) is 0 Å². The number of rotatable bonds is 9. The maximum Gasteiger partial charge on any atom is 0.0725 e. The molecule has 0 aliphatic carbocycles. The molecule has 0 N–H and O–H groups in total. The first-order chi connectivity index (χ1) is 29.7. The van der Waals surface area contributed by atoms with Crippen LogP contribution in [0.15, 0.2) is 225 Å². The molecular formula is C55H37N5. The van der Waals surface area contributed by atoms with Crippen LogP contribution in [0.1, 0.15) is 0 Å². The summed E-state index contributed by atoms with van der Waals surface area (Å²) in [6.45, 7) is 0. The summed E-state index contributed by atoms with van der Waals surface area (Å²) in [5.41, 5.74) is 18.6. The predicted molar refractivity (Wildman–Crippen MR) is 244 cm³/mol. The van der Waals surface area contributed by atoms with E-state index < -0.39 is 0 Å². The molecule has 0 fully saturated rings. The molecule has 5 aromatic heterocycles. The molecule has 0 saturated heterocycles. The first kappa shape index (κ1) is 36.2. The van der Waals surface area contributed by atoms with Gasteiger partial charge >= 0.3 is 0 Å². The Morgan fingerprint density at radius 1 is 0.200 bits per heavy atom. The van der Waals surface area contributed by atoms with E-state index in [9.17, 15) is 0 Å². The van der Waals surface area contributed by atoms with Gasteiger partial charge in [0.1, 0.15) is 0 Å². The number of nitrogens with zero attached hydrogens (tertiary/aromatic N) is 5. The second-order valence-electron chi connectivity index (χ2n) is 14.6. The Morgan fingerprint density at radius 2 is 0.483 bits per heavy atom. The minimum atomic E-state index is 0.899. The molecular weight excluding hydrogens is 731 g/mol. The average molecular weight is 768 g/mol. The predicted octanol–water partition coefficient (Wildman–Crippen LogP) is 13.7. The normalized spacial score (nSPS) is 11.0. The Hall–Kier alpha value is -8.15. The second-order valence-corrected chi connectivity index (χ2v) is 14.6. The zero-order chi connectivity index (χ0) is 40.1. The largest absolute Gasteiger partial charge is 0.264 e. The Labute approximate surface area is 349 Å². The van der Waals surface area contributed by atoms with E-state index >= 15 is 0 Å². The van der Waals surface area contributed by atoms with E-state index in [1.165, 1.54) is 0 Å². The number of pyridine rings is 5. The molecule has 0 aliphatic rings. The van der Waals surface area contributed by atoms with E-state index in [1.807, 2.05) is 67.0 Å². The molecule has 0 saturated carbocycles. The standard InChI is InChI=1S/C55H37N5/c1-2-9-41(10-3-1)50-13-4-14-51(58-50)42-25-19-38(20-26-42)47-33-48(39-21-27-43(28-22-39)52-15-5-17-54(59-52)45-11-7-31-56-36-45)35-49(34-47)40-23-29-44(30-24-40)53-16-6-18-55(60-53)46-12-8-32-57-37-46/h1-37H. The molecule has 10 rings (SSSR count). The van der Waals surface area contributed by atoms with Gasteiger partial charge in [0.25, 0.3) is 0 Å². The molecule has 0 amide bonds. The molecule has 282 valence electrons. The molecule has 0 bridgehead atoms. The molecule has 10 aromatic rings. The summed E-state index contributed by atoms with van der Waals surface area (Å²) in [5, 5.41) is 0. The molecule has 0 spiro atoms. The maximum absolute atomic E-state index is 5.01. The third-order valence-corrected chi connectivity index (χ3v) is 10.7. The van der Waals surface area contributed by atoms with Gasteiger partial charge in [-0.3, -0.25) is 9.97 Å². The van der Waals surface area contributed by atoms with Gasteiger partial charge in [-0.25, -0.2) is 15.0 Å². The lowest BCUT2D eigenvalue weighted by atomic mass is 9.92. The van der Waals surface area contributed by atoms with Gasteiger partial charge in [0.05, 0.1) is 34.2 Å². The van der Waals surface area contributed by atoms with Crippen LogP contribution < -0.4 is 0 Å². The summed E-state index contributed by atoms with van der Waals surface area (Å²) in [4.78, 5) is 23.5. The molecule has 5 heteroatoms. The molecule has 0 aliphatic heterocycles. The van der Waals surface area contributed by atoms with Crippen LogP contribution >= 0.6 is 0 Å². The molecule has 60 heavy (non-hydrogen) atoms.